The van der Waals surface area contributed by atoms with Crippen molar-refractivity contribution in [2.75, 3.05) is 26.7 Å². The van der Waals surface area contributed by atoms with Gasteiger partial charge in [0, 0.05) is 33.2 Å². The summed E-state index contributed by atoms with van der Waals surface area (Å²) in [7, 11) is -1.79. The first-order chi connectivity index (χ1) is 14.5. The summed E-state index contributed by atoms with van der Waals surface area (Å²) in [5.41, 5.74) is 1.50. The third-order valence-electron chi connectivity index (χ3n) is 5.18. The van der Waals surface area contributed by atoms with E-state index in [-0.39, 0.29) is 29.8 Å². The second kappa shape index (κ2) is 12.4. The Hall–Kier alpha value is -1.72. The zero-order valence-electron chi connectivity index (χ0n) is 17.7. The van der Waals surface area contributed by atoms with Crippen molar-refractivity contribution < 1.29 is 12.8 Å². The van der Waals surface area contributed by atoms with Crippen molar-refractivity contribution in [2.24, 2.45) is 4.99 Å². The maximum absolute atomic E-state index is 13.7. The van der Waals surface area contributed by atoms with Gasteiger partial charge in [-0.2, -0.15) is 4.31 Å². The Morgan fingerprint density at radius 3 is 2.52 bits per heavy atom. The van der Waals surface area contributed by atoms with Gasteiger partial charge >= 0.3 is 0 Å². The van der Waals surface area contributed by atoms with E-state index in [9.17, 15) is 12.8 Å². The summed E-state index contributed by atoms with van der Waals surface area (Å²) in [4.78, 5) is 4.50. The monoisotopic (exact) mass is 560 g/mol. The van der Waals surface area contributed by atoms with E-state index < -0.39 is 10.0 Å². The highest BCUT2D eigenvalue weighted by Gasteiger charge is 2.25. The second-order valence-corrected chi connectivity index (χ2v) is 9.24. The molecule has 31 heavy (non-hydrogen) atoms. The molecule has 0 saturated carbocycles. The van der Waals surface area contributed by atoms with E-state index in [1.807, 2.05) is 12.1 Å². The smallest absolute Gasteiger partial charge is 0.243 e. The van der Waals surface area contributed by atoms with E-state index in [1.54, 1.807) is 41.7 Å². The van der Waals surface area contributed by atoms with Gasteiger partial charge in [-0.15, -0.1) is 24.0 Å². The Morgan fingerprint density at radius 1 is 1.06 bits per heavy atom. The molecule has 0 radical (unpaired) electrons. The van der Waals surface area contributed by atoms with Gasteiger partial charge in [-0.25, -0.2) is 12.8 Å². The van der Waals surface area contributed by atoms with Crippen molar-refractivity contribution in [3.8, 4) is 0 Å². The van der Waals surface area contributed by atoms with Crippen LogP contribution in [0, 0.1) is 5.82 Å². The zero-order chi connectivity index (χ0) is 21.4. The van der Waals surface area contributed by atoms with Crippen molar-refractivity contribution in [1.29, 1.82) is 0 Å². The predicted molar refractivity (Wildman–Crippen MR) is 133 cm³/mol. The predicted octanol–water partition coefficient (Wildman–Crippen LogP) is 3.53. The third-order valence-corrected chi connectivity index (χ3v) is 7.07. The zero-order valence-corrected chi connectivity index (χ0v) is 20.8. The normalized spacial score (nSPS) is 15.2. The first-order valence-corrected chi connectivity index (χ1v) is 11.7. The van der Waals surface area contributed by atoms with Crippen molar-refractivity contribution in [3.05, 3.63) is 65.5 Å². The van der Waals surface area contributed by atoms with Crippen molar-refractivity contribution in [2.45, 2.75) is 37.1 Å². The number of hydrogen-bond acceptors (Lipinski definition) is 3. The quantitative estimate of drug-likeness (QED) is 0.309. The van der Waals surface area contributed by atoms with Crippen molar-refractivity contribution in [1.82, 2.24) is 14.9 Å². The summed E-state index contributed by atoms with van der Waals surface area (Å²) in [5, 5.41) is 6.34. The number of benzene rings is 2. The number of sulfonamides is 1. The lowest BCUT2D eigenvalue weighted by Crippen LogP contribution is -2.38. The van der Waals surface area contributed by atoms with Crippen LogP contribution in [0.3, 0.4) is 0 Å². The number of rotatable bonds is 7. The molecular weight excluding hydrogens is 530 g/mol. The van der Waals surface area contributed by atoms with Gasteiger partial charge in [0.05, 0.1) is 4.90 Å². The molecule has 170 valence electrons. The number of halogens is 2. The minimum atomic E-state index is -3.45. The summed E-state index contributed by atoms with van der Waals surface area (Å²) >= 11 is 0. The number of aliphatic imine (C=N–C) groups is 1. The van der Waals surface area contributed by atoms with E-state index >= 15 is 0 Å². The lowest BCUT2D eigenvalue weighted by molar-refractivity contribution is 0.346. The summed E-state index contributed by atoms with van der Waals surface area (Å²) in [6, 6.07) is 13.7. The fraction of sp³-hybridized carbons (Fsp3) is 0.409. The Kier molecular flexibility index (Phi) is 10.2. The van der Waals surface area contributed by atoms with Gasteiger partial charge in [-0.1, -0.05) is 36.8 Å². The second-order valence-electron chi connectivity index (χ2n) is 7.31. The molecule has 0 amide bonds. The average molecular weight is 560 g/mol. The summed E-state index contributed by atoms with van der Waals surface area (Å²) in [6.45, 7) is 2.14. The fourth-order valence-electron chi connectivity index (χ4n) is 3.49. The topological polar surface area (TPSA) is 73.8 Å². The van der Waals surface area contributed by atoms with Gasteiger partial charge in [-0.3, -0.25) is 4.99 Å². The minimum absolute atomic E-state index is 0. The number of hydrogen-bond donors (Lipinski definition) is 2. The number of nitrogens with one attached hydrogen (secondary N) is 2. The van der Waals surface area contributed by atoms with Crippen LogP contribution in [0.25, 0.3) is 0 Å². The van der Waals surface area contributed by atoms with Crippen LogP contribution in [0.4, 0.5) is 4.39 Å². The molecule has 0 unspecified atom stereocenters. The number of guanidine groups is 1. The van der Waals surface area contributed by atoms with Crippen LogP contribution in [-0.2, 0) is 23.0 Å². The van der Waals surface area contributed by atoms with Gasteiger partial charge in [0.1, 0.15) is 5.82 Å². The number of nitrogens with zero attached hydrogens (tertiary/aromatic N) is 2. The van der Waals surface area contributed by atoms with E-state index in [1.165, 1.54) is 6.07 Å². The molecule has 2 aromatic carbocycles. The Balaban J connectivity index is 0.00000341. The molecule has 1 fully saturated rings. The first-order valence-electron chi connectivity index (χ1n) is 10.3. The molecule has 2 aromatic rings. The molecule has 6 nitrogen and oxygen atoms in total. The van der Waals surface area contributed by atoms with Crippen LogP contribution in [0.15, 0.2) is 58.4 Å². The van der Waals surface area contributed by atoms with Crippen molar-refractivity contribution >= 4 is 40.0 Å². The van der Waals surface area contributed by atoms with Crippen molar-refractivity contribution in [3.63, 3.8) is 0 Å². The van der Waals surface area contributed by atoms with Gasteiger partial charge in [0.25, 0.3) is 0 Å². The van der Waals surface area contributed by atoms with Crippen LogP contribution in [-0.4, -0.2) is 45.4 Å². The van der Waals surface area contributed by atoms with E-state index in [4.69, 9.17) is 0 Å². The van der Waals surface area contributed by atoms with Crippen LogP contribution in [0.5, 0.6) is 0 Å². The fourth-order valence-corrected chi connectivity index (χ4v) is 5.08. The molecule has 0 bridgehead atoms. The summed E-state index contributed by atoms with van der Waals surface area (Å²) < 4.78 is 41.0. The summed E-state index contributed by atoms with van der Waals surface area (Å²) in [6.07, 6.45) is 3.45. The largest absolute Gasteiger partial charge is 0.356 e. The molecule has 0 spiro atoms. The lowest BCUT2D eigenvalue weighted by Gasteiger charge is -2.26. The maximum Gasteiger partial charge on any atom is 0.243 e. The average Bonchev–Trinajstić information content (AvgIpc) is 2.78. The number of piperidine rings is 1. The van der Waals surface area contributed by atoms with Gasteiger partial charge in [0.15, 0.2) is 5.96 Å². The van der Waals surface area contributed by atoms with Gasteiger partial charge < -0.3 is 10.6 Å². The van der Waals surface area contributed by atoms with Crippen LogP contribution >= 0.6 is 24.0 Å². The Morgan fingerprint density at radius 2 is 1.81 bits per heavy atom. The molecule has 0 aromatic heterocycles. The molecule has 3 rings (SSSR count). The molecule has 2 N–H and O–H groups in total. The van der Waals surface area contributed by atoms with Crippen LogP contribution in [0.2, 0.25) is 0 Å². The van der Waals surface area contributed by atoms with E-state index in [0.29, 0.717) is 49.0 Å². The summed E-state index contributed by atoms with van der Waals surface area (Å²) in [5.74, 6) is 0.365. The van der Waals surface area contributed by atoms with E-state index in [2.05, 4.69) is 15.6 Å². The molecule has 1 heterocycles. The van der Waals surface area contributed by atoms with Crippen LogP contribution in [0.1, 0.15) is 30.4 Å². The third kappa shape index (κ3) is 7.15. The highest BCUT2D eigenvalue weighted by atomic mass is 127. The first kappa shape index (κ1) is 25.5. The SMILES string of the molecule is CN=C(NCCc1ccccc1F)NCc1cccc(S(=O)(=O)N2CCCCC2)c1.I. The molecular formula is C22H30FIN4O2S. The van der Waals surface area contributed by atoms with E-state index in [0.717, 1.165) is 24.8 Å². The molecule has 9 heteroatoms. The molecule has 0 atom stereocenters. The molecule has 1 saturated heterocycles. The van der Waals surface area contributed by atoms with Gasteiger partial charge in [-0.05, 0) is 48.6 Å². The molecule has 1 aliphatic rings. The standard InChI is InChI=1S/C22H29FN4O2S.HI/c1-24-22(25-13-12-19-9-3-4-11-21(19)23)26-17-18-8-7-10-20(16-18)30(28,29)27-14-5-2-6-15-27;/h3-4,7-11,16H,2,5-6,12-15,17H2,1H3,(H2,24,25,26);1H. The van der Waals surface area contributed by atoms with Crippen LogP contribution < -0.4 is 10.6 Å². The Labute approximate surface area is 201 Å². The lowest BCUT2D eigenvalue weighted by atomic mass is 10.1. The Bertz CT molecular complexity index is 979. The maximum atomic E-state index is 13.7. The highest BCUT2D eigenvalue weighted by Crippen LogP contribution is 2.21. The molecule has 0 aliphatic carbocycles. The highest BCUT2D eigenvalue weighted by molar-refractivity contribution is 14.0. The van der Waals surface area contributed by atoms with Gasteiger partial charge in [0.2, 0.25) is 10.0 Å². The minimum Gasteiger partial charge on any atom is -0.356 e. The molecule has 1 aliphatic heterocycles.